The Morgan fingerprint density at radius 2 is 1.66 bits per heavy atom. The summed E-state index contributed by atoms with van der Waals surface area (Å²) >= 11 is 0. The third-order valence-electron chi connectivity index (χ3n) is 4.55. The quantitative estimate of drug-likeness (QED) is 0.212. The number of carbonyl (C=O) groups excluding carboxylic acids is 3. The van der Waals surface area contributed by atoms with Gasteiger partial charge in [0.25, 0.3) is 5.91 Å². The van der Waals surface area contributed by atoms with Gasteiger partial charge >= 0.3 is 5.97 Å². The van der Waals surface area contributed by atoms with E-state index in [9.17, 15) is 22.8 Å². The summed E-state index contributed by atoms with van der Waals surface area (Å²) in [6.45, 7) is 4.78. The molecule has 0 saturated carbocycles. The first kappa shape index (κ1) is 27.6. The van der Waals surface area contributed by atoms with E-state index in [1.165, 1.54) is 42.9 Å². The van der Waals surface area contributed by atoms with Gasteiger partial charge in [0.1, 0.15) is 17.4 Å². The molecule has 0 spiro atoms. The van der Waals surface area contributed by atoms with E-state index in [4.69, 9.17) is 14.7 Å². The summed E-state index contributed by atoms with van der Waals surface area (Å²) in [5.41, 5.74) is 1.15. The Labute approximate surface area is 203 Å². The highest BCUT2D eigenvalue weighted by molar-refractivity contribution is 7.91. The molecule has 0 aliphatic rings. The number of sulfone groups is 1. The molecule has 0 saturated heterocycles. The van der Waals surface area contributed by atoms with Crippen molar-refractivity contribution < 1.29 is 37.5 Å². The molecule has 12 heteroatoms. The molecule has 0 aliphatic heterocycles. The zero-order valence-corrected chi connectivity index (χ0v) is 20.6. The lowest BCUT2D eigenvalue weighted by atomic mass is 10.1. The molecule has 0 heterocycles. The summed E-state index contributed by atoms with van der Waals surface area (Å²) in [4.78, 5) is 36.9. The van der Waals surface area contributed by atoms with Crippen LogP contribution >= 0.6 is 0 Å². The van der Waals surface area contributed by atoms with E-state index in [1.807, 2.05) is 0 Å². The van der Waals surface area contributed by atoms with Crippen molar-refractivity contribution in [3.63, 3.8) is 0 Å². The first-order valence-electron chi connectivity index (χ1n) is 10.5. The van der Waals surface area contributed by atoms with Gasteiger partial charge in [0, 0.05) is 5.69 Å². The van der Waals surface area contributed by atoms with Crippen molar-refractivity contribution in [3.05, 3.63) is 54.1 Å². The molecule has 35 heavy (non-hydrogen) atoms. The number of hydroxylamine groups is 1. The van der Waals surface area contributed by atoms with Crippen LogP contribution in [0.25, 0.3) is 0 Å². The number of rotatable bonds is 10. The van der Waals surface area contributed by atoms with Crippen LogP contribution < -0.4 is 20.9 Å². The Morgan fingerprint density at radius 3 is 2.23 bits per heavy atom. The summed E-state index contributed by atoms with van der Waals surface area (Å²) < 4.78 is 35.8. The first-order valence-corrected chi connectivity index (χ1v) is 12.2. The van der Waals surface area contributed by atoms with Crippen molar-refractivity contribution in [2.75, 3.05) is 24.7 Å². The number of nitrogens with one attached hydrogen (secondary N) is 3. The van der Waals surface area contributed by atoms with Gasteiger partial charge in [-0.3, -0.25) is 14.8 Å². The van der Waals surface area contributed by atoms with Crippen LogP contribution in [0.1, 0.15) is 31.1 Å². The lowest BCUT2D eigenvalue weighted by Crippen LogP contribution is -2.51. The van der Waals surface area contributed by atoms with Crippen LogP contribution in [-0.4, -0.2) is 62.5 Å². The van der Waals surface area contributed by atoms with Gasteiger partial charge in [-0.05, 0) is 57.2 Å². The molecular weight excluding hydrogens is 478 g/mol. The predicted molar refractivity (Wildman–Crippen MR) is 127 cm³/mol. The molecule has 2 amide bonds. The average Bonchev–Trinajstić information content (AvgIpc) is 2.80. The molecule has 0 fully saturated rings. The molecule has 2 aromatic rings. The normalized spacial score (nSPS) is 12.3. The molecule has 0 bridgehead atoms. The Bertz CT molecular complexity index is 1160. The van der Waals surface area contributed by atoms with Crippen LogP contribution in [0.15, 0.2) is 53.4 Å². The lowest BCUT2D eigenvalue weighted by molar-refractivity contribution is -0.133. The molecule has 11 nitrogen and oxygen atoms in total. The zero-order valence-electron chi connectivity index (χ0n) is 19.8. The highest BCUT2D eigenvalue weighted by atomic mass is 32.2. The predicted octanol–water partition coefficient (Wildman–Crippen LogP) is 1.53. The summed E-state index contributed by atoms with van der Waals surface area (Å²) in [7, 11) is -2.58. The molecular formula is C23H29N3O8S. The fourth-order valence-corrected chi connectivity index (χ4v) is 4.35. The second kappa shape index (κ2) is 11.7. The molecule has 4 N–H and O–H groups in total. The molecule has 190 valence electrons. The van der Waals surface area contributed by atoms with Gasteiger partial charge in [-0.25, -0.2) is 18.7 Å². The van der Waals surface area contributed by atoms with E-state index in [0.717, 1.165) is 0 Å². The second-order valence-corrected chi connectivity index (χ2v) is 10.5. The first-order chi connectivity index (χ1) is 16.4. The highest BCUT2D eigenvalue weighted by Crippen LogP contribution is 2.20. The number of benzene rings is 2. The maximum Gasteiger partial charge on any atom is 0.340 e. The number of ether oxygens (including phenoxy) is 2. The molecule has 1 unspecified atom stereocenters. The lowest BCUT2D eigenvalue weighted by Gasteiger charge is -2.21. The third-order valence-corrected chi connectivity index (χ3v) is 6.31. The Balaban J connectivity index is 2.10. The van der Waals surface area contributed by atoms with Gasteiger partial charge in [-0.2, -0.15) is 0 Å². The Morgan fingerprint density at radius 1 is 1.03 bits per heavy atom. The molecule has 0 aliphatic carbocycles. The molecule has 0 aromatic heterocycles. The fraction of sp³-hybridized carbons (Fsp3) is 0.348. The van der Waals surface area contributed by atoms with E-state index >= 15 is 0 Å². The van der Waals surface area contributed by atoms with Crippen molar-refractivity contribution in [3.8, 4) is 5.75 Å². The Hall–Kier alpha value is -3.64. The minimum absolute atomic E-state index is 0.0901. The van der Waals surface area contributed by atoms with Gasteiger partial charge in [0.05, 0.1) is 29.9 Å². The number of hydrogen-bond donors (Lipinski definition) is 4. The van der Waals surface area contributed by atoms with Gasteiger partial charge in [0.15, 0.2) is 9.84 Å². The van der Waals surface area contributed by atoms with Crippen molar-refractivity contribution >= 4 is 33.3 Å². The second-order valence-electron chi connectivity index (χ2n) is 8.45. The van der Waals surface area contributed by atoms with E-state index in [-0.39, 0.29) is 10.5 Å². The third kappa shape index (κ3) is 8.26. The average molecular weight is 508 g/mol. The smallest absolute Gasteiger partial charge is 0.340 e. The fourth-order valence-electron chi connectivity index (χ4n) is 2.93. The van der Waals surface area contributed by atoms with Crippen molar-refractivity contribution in [2.45, 2.75) is 37.3 Å². The van der Waals surface area contributed by atoms with Gasteiger partial charge in [-0.15, -0.1) is 0 Å². The topological polar surface area (TPSA) is 160 Å². The van der Waals surface area contributed by atoms with Crippen LogP contribution in [0.3, 0.4) is 0 Å². The van der Waals surface area contributed by atoms with Crippen molar-refractivity contribution in [1.29, 1.82) is 0 Å². The SMILES string of the molecule is COc1ccc(S(=O)(=O)CC(NC(=O)CNc2ccccc2C(=O)OC(C)(C)C)C(=O)NO)cc1. The molecule has 2 rings (SSSR count). The summed E-state index contributed by atoms with van der Waals surface area (Å²) in [6, 6.07) is 10.3. The largest absolute Gasteiger partial charge is 0.497 e. The standard InChI is InChI=1S/C23H29N3O8S/c1-23(2,3)34-22(29)17-7-5-6-8-18(17)24-13-20(27)25-19(21(28)26-30)14-35(31,32)16-11-9-15(33-4)10-12-16/h5-12,19,24,30H,13-14H2,1-4H3,(H,25,27)(H,26,28). The van der Waals surface area contributed by atoms with Crippen molar-refractivity contribution in [2.24, 2.45) is 0 Å². The van der Waals surface area contributed by atoms with Crippen molar-refractivity contribution in [1.82, 2.24) is 10.8 Å². The van der Waals surface area contributed by atoms with Gasteiger partial charge in [-0.1, -0.05) is 12.1 Å². The Kier molecular flexibility index (Phi) is 9.20. The van der Waals surface area contributed by atoms with E-state index in [1.54, 1.807) is 39.0 Å². The van der Waals surface area contributed by atoms with Crippen LogP contribution in [0.5, 0.6) is 5.75 Å². The molecule has 1 atom stereocenters. The maximum atomic E-state index is 12.7. The number of esters is 1. The van der Waals surface area contributed by atoms with Gasteiger partial charge < -0.3 is 20.1 Å². The van der Waals surface area contributed by atoms with Crippen LogP contribution in [0.4, 0.5) is 5.69 Å². The summed E-state index contributed by atoms with van der Waals surface area (Å²) in [5, 5.41) is 14.1. The van der Waals surface area contributed by atoms with E-state index in [2.05, 4.69) is 10.6 Å². The van der Waals surface area contributed by atoms with Crippen LogP contribution in [0.2, 0.25) is 0 Å². The number of anilines is 1. The molecule has 0 radical (unpaired) electrons. The molecule has 2 aromatic carbocycles. The monoisotopic (exact) mass is 507 g/mol. The van der Waals surface area contributed by atoms with Crippen LogP contribution in [0, 0.1) is 0 Å². The minimum atomic E-state index is -4.01. The zero-order chi connectivity index (χ0) is 26.2. The number of carbonyl (C=O) groups is 3. The number of para-hydroxylation sites is 1. The van der Waals surface area contributed by atoms with E-state index < -0.39 is 51.6 Å². The summed E-state index contributed by atoms with van der Waals surface area (Å²) in [5.74, 6) is -2.80. The minimum Gasteiger partial charge on any atom is -0.497 e. The highest BCUT2D eigenvalue weighted by Gasteiger charge is 2.28. The maximum absolute atomic E-state index is 12.7. The summed E-state index contributed by atoms with van der Waals surface area (Å²) in [6.07, 6.45) is 0. The van der Waals surface area contributed by atoms with E-state index in [0.29, 0.717) is 11.4 Å². The van der Waals surface area contributed by atoms with Gasteiger partial charge in [0.2, 0.25) is 5.91 Å². The van der Waals surface area contributed by atoms with Crippen LogP contribution in [-0.2, 0) is 24.2 Å². The number of methoxy groups -OCH3 is 1. The number of hydrogen-bond acceptors (Lipinski definition) is 9. The number of amides is 2.